The van der Waals surface area contributed by atoms with E-state index in [-0.39, 0.29) is 16.7 Å². The van der Waals surface area contributed by atoms with E-state index in [4.69, 9.17) is 4.74 Å². The molecule has 2 rings (SSSR count). The molecule has 2 aromatic rings. The van der Waals surface area contributed by atoms with E-state index in [9.17, 15) is 13.2 Å². The van der Waals surface area contributed by atoms with Gasteiger partial charge in [-0.1, -0.05) is 12.1 Å². The molecule has 1 aromatic carbocycles. The summed E-state index contributed by atoms with van der Waals surface area (Å²) in [5.74, 6) is -0.309. The van der Waals surface area contributed by atoms with Gasteiger partial charge in [-0.2, -0.15) is 0 Å². The molecule has 0 fully saturated rings. The Labute approximate surface area is 126 Å². The lowest BCUT2D eigenvalue weighted by atomic mass is 10.3. The number of hydrogen-bond acceptors (Lipinski definition) is 5. The van der Waals surface area contributed by atoms with Crippen molar-refractivity contribution in [3.63, 3.8) is 0 Å². The van der Waals surface area contributed by atoms with Gasteiger partial charge in [0.15, 0.2) is 0 Å². The lowest BCUT2D eigenvalue weighted by molar-refractivity contribution is -0.119. The van der Waals surface area contributed by atoms with Gasteiger partial charge in [0.2, 0.25) is 5.91 Å². The number of sulfonamides is 1. The molecule has 8 heteroatoms. The van der Waals surface area contributed by atoms with Gasteiger partial charge >= 0.3 is 0 Å². The van der Waals surface area contributed by atoms with Crippen molar-refractivity contribution in [2.24, 2.45) is 0 Å². The summed E-state index contributed by atoms with van der Waals surface area (Å²) in [5, 5.41) is 4.30. The molecule has 0 saturated carbocycles. The first-order chi connectivity index (χ1) is 10.0. The Bertz CT molecular complexity index is 712. The fourth-order valence-corrected chi connectivity index (χ4v) is 3.65. The second kappa shape index (κ2) is 6.70. The van der Waals surface area contributed by atoms with Crippen LogP contribution >= 0.6 is 11.3 Å². The minimum atomic E-state index is -3.59. The molecule has 112 valence electrons. The van der Waals surface area contributed by atoms with Gasteiger partial charge in [-0.05, 0) is 29.6 Å². The lowest BCUT2D eigenvalue weighted by Gasteiger charge is -2.09. The first-order valence-electron chi connectivity index (χ1n) is 5.96. The maximum absolute atomic E-state index is 12.1. The highest BCUT2D eigenvalue weighted by Gasteiger charge is 2.15. The van der Waals surface area contributed by atoms with Gasteiger partial charge in [-0.15, -0.1) is 11.3 Å². The van der Waals surface area contributed by atoms with Crippen LogP contribution in [-0.2, 0) is 19.6 Å². The fraction of sp³-hybridized carbons (Fsp3) is 0.154. The van der Waals surface area contributed by atoms with Crippen molar-refractivity contribution in [2.45, 2.75) is 4.21 Å². The summed E-state index contributed by atoms with van der Waals surface area (Å²) in [6.07, 6.45) is 0. The summed E-state index contributed by atoms with van der Waals surface area (Å²) in [6.45, 7) is -0.0643. The van der Waals surface area contributed by atoms with Gasteiger partial charge < -0.3 is 10.1 Å². The van der Waals surface area contributed by atoms with Gasteiger partial charge in [-0.25, -0.2) is 8.42 Å². The average Bonchev–Trinajstić information content (AvgIpc) is 2.93. The Morgan fingerprint density at radius 3 is 2.67 bits per heavy atom. The molecule has 0 atom stereocenters. The number of carbonyl (C=O) groups excluding carboxylic acids is 1. The molecule has 1 aromatic heterocycles. The number of nitrogens with one attached hydrogen (secondary N) is 2. The van der Waals surface area contributed by atoms with E-state index >= 15 is 0 Å². The van der Waals surface area contributed by atoms with E-state index in [1.54, 1.807) is 35.7 Å². The molecule has 2 N–H and O–H groups in total. The van der Waals surface area contributed by atoms with E-state index in [0.29, 0.717) is 11.4 Å². The standard InChI is InChI=1S/C13H14N2O4S2/c1-19-9-12(16)14-10-4-2-5-11(8-10)15-21(17,18)13-6-3-7-20-13/h2-8,15H,9H2,1H3,(H,14,16). The first-order valence-corrected chi connectivity index (χ1v) is 8.33. The molecule has 1 amide bonds. The van der Waals surface area contributed by atoms with Crippen molar-refractivity contribution in [1.29, 1.82) is 0 Å². The zero-order chi connectivity index (χ0) is 15.3. The molecule has 0 unspecified atom stereocenters. The molecule has 6 nitrogen and oxygen atoms in total. The summed E-state index contributed by atoms with van der Waals surface area (Å²) >= 11 is 1.13. The Morgan fingerprint density at radius 1 is 1.24 bits per heavy atom. The predicted octanol–water partition coefficient (Wildman–Crippen LogP) is 2.13. The number of carbonyl (C=O) groups is 1. The summed E-state index contributed by atoms with van der Waals surface area (Å²) in [5.41, 5.74) is 0.863. The normalized spacial score (nSPS) is 11.1. The number of rotatable bonds is 6. The lowest BCUT2D eigenvalue weighted by Crippen LogP contribution is -2.17. The van der Waals surface area contributed by atoms with Crippen LogP contribution in [0.5, 0.6) is 0 Å². The quantitative estimate of drug-likeness (QED) is 0.852. The number of ether oxygens (including phenoxy) is 1. The second-order valence-corrected chi connectivity index (χ2v) is 6.96. The minimum absolute atomic E-state index is 0.0643. The fourth-order valence-electron chi connectivity index (χ4n) is 1.61. The second-order valence-electron chi connectivity index (χ2n) is 4.10. The highest BCUT2D eigenvalue weighted by Crippen LogP contribution is 2.22. The van der Waals surface area contributed by atoms with Crippen molar-refractivity contribution in [3.05, 3.63) is 41.8 Å². The molecule has 21 heavy (non-hydrogen) atoms. The van der Waals surface area contributed by atoms with Crippen LogP contribution in [0.1, 0.15) is 0 Å². The third-order valence-electron chi connectivity index (χ3n) is 2.43. The SMILES string of the molecule is COCC(=O)Nc1cccc(NS(=O)(=O)c2cccs2)c1. The summed E-state index contributed by atoms with van der Waals surface area (Å²) in [6, 6.07) is 9.65. The zero-order valence-electron chi connectivity index (χ0n) is 11.2. The topological polar surface area (TPSA) is 84.5 Å². The molecule has 0 aliphatic carbocycles. The number of methoxy groups -OCH3 is 1. The van der Waals surface area contributed by atoms with E-state index in [0.717, 1.165) is 11.3 Å². The van der Waals surface area contributed by atoms with Gasteiger partial charge in [0, 0.05) is 12.8 Å². The van der Waals surface area contributed by atoms with Crippen LogP contribution in [0, 0.1) is 0 Å². The van der Waals surface area contributed by atoms with Gasteiger partial charge in [0.1, 0.15) is 10.8 Å². The van der Waals surface area contributed by atoms with E-state index in [2.05, 4.69) is 10.0 Å². The van der Waals surface area contributed by atoms with E-state index in [1.165, 1.54) is 13.2 Å². The maximum atomic E-state index is 12.1. The van der Waals surface area contributed by atoms with Gasteiger partial charge in [0.05, 0.1) is 5.69 Å². The zero-order valence-corrected chi connectivity index (χ0v) is 12.8. The molecular formula is C13H14N2O4S2. The van der Waals surface area contributed by atoms with Crippen LogP contribution in [0.2, 0.25) is 0 Å². The molecular weight excluding hydrogens is 312 g/mol. The van der Waals surface area contributed by atoms with Crippen molar-refractivity contribution >= 4 is 38.6 Å². The molecule has 0 bridgehead atoms. The average molecular weight is 326 g/mol. The Hall–Kier alpha value is -1.90. The minimum Gasteiger partial charge on any atom is -0.375 e. The van der Waals surface area contributed by atoms with E-state index < -0.39 is 10.0 Å². The molecule has 0 saturated heterocycles. The maximum Gasteiger partial charge on any atom is 0.271 e. The molecule has 0 aliphatic rings. The summed E-state index contributed by atoms with van der Waals surface area (Å²) < 4.78 is 31.6. The van der Waals surface area contributed by atoms with Crippen LogP contribution in [0.15, 0.2) is 46.0 Å². The Balaban J connectivity index is 2.13. The van der Waals surface area contributed by atoms with Crippen LogP contribution in [-0.4, -0.2) is 28.0 Å². The van der Waals surface area contributed by atoms with E-state index in [1.807, 2.05) is 0 Å². The molecule has 0 aliphatic heterocycles. The Kier molecular flexibility index (Phi) is 4.94. The van der Waals surface area contributed by atoms with Crippen molar-refractivity contribution in [3.8, 4) is 0 Å². The first kappa shape index (κ1) is 15.5. The number of hydrogen-bond donors (Lipinski definition) is 2. The van der Waals surface area contributed by atoms with Crippen LogP contribution in [0.25, 0.3) is 0 Å². The molecule has 0 spiro atoms. The van der Waals surface area contributed by atoms with Gasteiger partial charge in [0.25, 0.3) is 10.0 Å². The summed E-state index contributed by atoms with van der Waals surface area (Å²) in [4.78, 5) is 11.4. The smallest absolute Gasteiger partial charge is 0.271 e. The van der Waals surface area contributed by atoms with Crippen molar-refractivity contribution in [2.75, 3.05) is 23.8 Å². The third-order valence-corrected chi connectivity index (χ3v) is 5.21. The summed E-state index contributed by atoms with van der Waals surface area (Å²) in [7, 11) is -2.17. The highest BCUT2D eigenvalue weighted by atomic mass is 32.2. The van der Waals surface area contributed by atoms with Crippen molar-refractivity contribution in [1.82, 2.24) is 0 Å². The van der Waals surface area contributed by atoms with Crippen LogP contribution in [0.4, 0.5) is 11.4 Å². The monoisotopic (exact) mass is 326 g/mol. The molecule has 1 heterocycles. The largest absolute Gasteiger partial charge is 0.375 e. The molecule has 0 radical (unpaired) electrons. The van der Waals surface area contributed by atoms with Gasteiger partial charge in [-0.3, -0.25) is 9.52 Å². The number of anilines is 2. The number of thiophene rings is 1. The Morgan fingerprint density at radius 2 is 2.00 bits per heavy atom. The highest BCUT2D eigenvalue weighted by molar-refractivity contribution is 7.94. The number of amides is 1. The predicted molar refractivity (Wildman–Crippen MR) is 82.1 cm³/mol. The van der Waals surface area contributed by atoms with Crippen LogP contribution < -0.4 is 10.0 Å². The van der Waals surface area contributed by atoms with Crippen LogP contribution in [0.3, 0.4) is 0 Å². The van der Waals surface area contributed by atoms with Crippen molar-refractivity contribution < 1.29 is 17.9 Å². The third kappa shape index (κ3) is 4.28. The number of benzene rings is 1.